The summed E-state index contributed by atoms with van der Waals surface area (Å²) in [5.41, 5.74) is 0.552. The Balaban J connectivity index is 2.03. The van der Waals surface area contributed by atoms with Gasteiger partial charge in [0.05, 0.1) is 11.1 Å². The highest BCUT2D eigenvalue weighted by molar-refractivity contribution is 6.32. The van der Waals surface area contributed by atoms with E-state index in [1.165, 1.54) is 18.2 Å². The van der Waals surface area contributed by atoms with Crippen LogP contribution in [0.1, 0.15) is 18.4 Å². The molecule has 2 N–H and O–H groups in total. The number of nitrogens with zero attached hydrogens (tertiary/aromatic N) is 1. The fraction of sp³-hybridized carbons (Fsp3) is 0.333. The molecule has 1 aliphatic heterocycles. The number of nitrogens with one attached hydrogen (secondary N) is 1. The third-order valence-corrected chi connectivity index (χ3v) is 3.46. The molecule has 0 saturated carbocycles. The quantitative estimate of drug-likeness (QED) is 0.660. The van der Waals surface area contributed by atoms with Gasteiger partial charge in [0.25, 0.3) is 5.91 Å². The molecule has 0 aliphatic carbocycles. The van der Waals surface area contributed by atoms with Gasteiger partial charge in [-0.2, -0.15) is 5.26 Å². The highest BCUT2D eigenvalue weighted by Gasteiger charge is 2.17. The van der Waals surface area contributed by atoms with E-state index in [9.17, 15) is 9.90 Å². The molecule has 1 fully saturated rings. The first-order valence-electron chi connectivity index (χ1n) is 6.60. The summed E-state index contributed by atoms with van der Waals surface area (Å²) in [6.07, 6.45) is 3.36. The summed E-state index contributed by atoms with van der Waals surface area (Å²) in [6.45, 7) is 1.11. The van der Waals surface area contributed by atoms with Gasteiger partial charge in [-0.1, -0.05) is 17.7 Å². The largest absolute Gasteiger partial charge is 0.506 e. The van der Waals surface area contributed by atoms with E-state index in [1.54, 1.807) is 6.07 Å². The van der Waals surface area contributed by atoms with Crippen molar-refractivity contribution in [2.75, 3.05) is 13.2 Å². The van der Waals surface area contributed by atoms with Crippen LogP contribution in [0.2, 0.25) is 5.02 Å². The van der Waals surface area contributed by atoms with Crippen LogP contribution in [0.25, 0.3) is 6.08 Å². The number of phenolic OH excluding ortho intramolecular Hbond substituents is 1. The van der Waals surface area contributed by atoms with Crippen LogP contribution in [0, 0.1) is 11.3 Å². The molecule has 2 rings (SSSR count). The Morgan fingerprint density at radius 1 is 1.62 bits per heavy atom. The first-order chi connectivity index (χ1) is 10.1. The Bertz CT molecular complexity index is 601. The van der Waals surface area contributed by atoms with Crippen LogP contribution < -0.4 is 5.32 Å². The van der Waals surface area contributed by atoms with Crippen LogP contribution in [0.15, 0.2) is 23.8 Å². The Morgan fingerprint density at radius 3 is 3.05 bits per heavy atom. The Kier molecular flexibility index (Phi) is 5.20. The summed E-state index contributed by atoms with van der Waals surface area (Å²) in [5.74, 6) is -0.493. The normalized spacial score (nSPS) is 18.3. The van der Waals surface area contributed by atoms with Crippen LogP contribution >= 0.6 is 11.6 Å². The van der Waals surface area contributed by atoms with Gasteiger partial charge >= 0.3 is 0 Å². The molecule has 1 aromatic carbocycles. The molecule has 0 unspecified atom stereocenters. The van der Waals surface area contributed by atoms with Crippen molar-refractivity contribution in [3.05, 3.63) is 34.4 Å². The molecule has 0 aromatic heterocycles. The molecule has 1 aliphatic rings. The highest BCUT2D eigenvalue weighted by atomic mass is 35.5. The number of hydrogen-bond acceptors (Lipinski definition) is 4. The van der Waals surface area contributed by atoms with Crippen molar-refractivity contribution in [1.82, 2.24) is 5.32 Å². The van der Waals surface area contributed by atoms with Crippen molar-refractivity contribution in [3.63, 3.8) is 0 Å². The van der Waals surface area contributed by atoms with Gasteiger partial charge in [0.2, 0.25) is 0 Å². The second kappa shape index (κ2) is 7.11. The number of rotatable bonds is 4. The number of hydrogen-bond donors (Lipinski definition) is 2. The van der Waals surface area contributed by atoms with Crippen molar-refractivity contribution in [3.8, 4) is 11.8 Å². The lowest BCUT2D eigenvalue weighted by Crippen LogP contribution is -2.32. The number of amides is 1. The molecular weight excluding hydrogens is 292 g/mol. The fourth-order valence-electron chi connectivity index (χ4n) is 2.04. The average Bonchev–Trinajstić information content (AvgIpc) is 2.99. The van der Waals surface area contributed by atoms with Gasteiger partial charge < -0.3 is 15.2 Å². The molecule has 0 bridgehead atoms. The zero-order chi connectivity index (χ0) is 15.2. The summed E-state index contributed by atoms with van der Waals surface area (Å²) < 4.78 is 5.40. The van der Waals surface area contributed by atoms with E-state index in [-0.39, 0.29) is 22.4 Å². The van der Waals surface area contributed by atoms with Crippen molar-refractivity contribution >= 4 is 23.6 Å². The number of carbonyl (C=O) groups excluding carboxylic acids is 1. The first-order valence-corrected chi connectivity index (χ1v) is 6.98. The molecular formula is C15H15ClN2O3. The van der Waals surface area contributed by atoms with E-state index in [1.807, 2.05) is 6.07 Å². The number of ether oxygens (including phenoxy) is 1. The van der Waals surface area contributed by atoms with Crippen molar-refractivity contribution in [2.24, 2.45) is 0 Å². The lowest BCUT2D eigenvalue weighted by Gasteiger charge is -2.10. The topological polar surface area (TPSA) is 82.3 Å². The Hall–Kier alpha value is -2.03. The maximum atomic E-state index is 11.9. The molecule has 21 heavy (non-hydrogen) atoms. The van der Waals surface area contributed by atoms with Crippen LogP contribution in [0.5, 0.6) is 5.75 Å². The maximum Gasteiger partial charge on any atom is 0.262 e. The van der Waals surface area contributed by atoms with Gasteiger partial charge in [0.15, 0.2) is 0 Å². The molecule has 1 amide bonds. The molecule has 0 radical (unpaired) electrons. The molecule has 1 heterocycles. The van der Waals surface area contributed by atoms with E-state index >= 15 is 0 Å². The summed E-state index contributed by atoms with van der Waals surface area (Å²) >= 11 is 5.79. The molecule has 1 aromatic rings. The summed E-state index contributed by atoms with van der Waals surface area (Å²) in [7, 11) is 0. The smallest absolute Gasteiger partial charge is 0.262 e. The first kappa shape index (κ1) is 15.4. The SMILES string of the molecule is N#C/C(=C/c1ccc(O)c(Cl)c1)C(=O)NC[C@@H]1CCCO1. The van der Waals surface area contributed by atoms with E-state index in [2.05, 4.69) is 5.32 Å². The van der Waals surface area contributed by atoms with Gasteiger partial charge in [-0.15, -0.1) is 0 Å². The predicted molar refractivity (Wildman–Crippen MR) is 78.7 cm³/mol. The molecule has 110 valence electrons. The number of halogens is 1. The van der Waals surface area contributed by atoms with Crippen molar-refractivity contribution in [2.45, 2.75) is 18.9 Å². The van der Waals surface area contributed by atoms with Crippen molar-refractivity contribution in [1.29, 1.82) is 5.26 Å². The maximum absolute atomic E-state index is 11.9. The number of aromatic hydroxyl groups is 1. The Morgan fingerprint density at radius 2 is 2.43 bits per heavy atom. The highest BCUT2D eigenvalue weighted by Crippen LogP contribution is 2.24. The number of carbonyl (C=O) groups is 1. The lowest BCUT2D eigenvalue weighted by molar-refractivity contribution is -0.117. The molecule has 1 saturated heterocycles. The minimum absolute atomic E-state index is 0.0187. The van der Waals surface area contributed by atoms with Gasteiger partial charge in [0, 0.05) is 13.2 Å². The fourth-order valence-corrected chi connectivity index (χ4v) is 2.22. The van der Waals surface area contributed by atoms with E-state index in [0.29, 0.717) is 18.7 Å². The predicted octanol–water partition coefficient (Wildman–Crippen LogP) is 2.25. The van der Waals surface area contributed by atoms with Crippen LogP contribution in [0.4, 0.5) is 0 Å². The monoisotopic (exact) mass is 306 g/mol. The lowest BCUT2D eigenvalue weighted by atomic mass is 10.1. The number of phenols is 1. The minimum Gasteiger partial charge on any atom is -0.506 e. The second-order valence-corrected chi connectivity index (χ2v) is 5.13. The van der Waals surface area contributed by atoms with Crippen LogP contribution in [0.3, 0.4) is 0 Å². The molecule has 6 heteroatoms. The zero-order valence-corrected chi connectivity index (χ0v) is 12.1. The molecule has 1 atom stereocenters. The van der Waals surface area contributed by atoms with E-state index < -0.39 is 5.91 Å². The van der Waals surface area contributed by atoms with E-state index in [4.69, 9.17) is 21.6 Å². The van der Waals surface area contributed by atoms with Gasteiger partial charge in [0.1, 0.15) is 17.4 Å². The Labute approximate surface area is 127 Å². The van der Waals surface area contributed by atoms with Gasteiger partial charge in [-0.05, 0) is 36.6 Å². The van der Waals surface area contributed by atoms with Crippen molar-refractivity contribution < 1.29 is 14.6 Å². The number of benzene rings is 1. The van der Waals surface area contributed by atoms with Gasteiger partial charge in [-0.3, -0.25) is 4.79 Å². The summed E-state index contributed by atoms with van der Waals surface area (Å²) in [5, 5.41) is 21.3. The third kappa shape index (κ3) is 4.22. The van der Waals surface area contributed by atoms with Gasteiger partial charge in [-0.25, -0.2) is 0 Å². The average molecular weight is 307 g/mol. The minimum atomic E-state index is -0.447. The zero-order valence-electron chi connectivity index (χ0n) is 11.3. The summed E-state index contributed by atoms with van der Waals surface area (Å²) in [6, 6.07) is 6.34. The number of nitriles is 1. The second-order valence-electron chi connectivity index (χ2n) is 4.73. The summed E-state index contributed by atoms with van der Waals surface area (Å²) in [4.78, 5) is 11.9. The molecule has 0 spiro atoms. The third-order valence-electron chi connectivity index (χ3n) is 3.16. The molecule has 5 nitrogen and oxygen atoms in total. The van der Waals surface area contributed by atoms with Crippen LogP contribution in [-0.2, 0) is 9.53 Å². The van der Waals surface area contributed by atoms with Crippen LogP contribution in [-0.4, -0.2) is 30.3 Å². The standard InChI is InChI=1S/C15H15ClN2O3/c16-13-7-10(3-4-14(13)19)6-11(8-17)15(20)18-9-12-2-1-5-21-12/h3-4,6-7,12,19H,1-2,5,9H2,(H,18,20)/b11-6-/t12-/m0/s1. The van der Waals surface area contributed by atoms with E-state index in [0.717, 1.165) is 12.8 Å².